The number of rotatable bonds is 1. The first-order valence-electron chi connectivity index (χ1n) is 4.62. The van der Waals surface area contributed by atoms with Crippen LogP contribution in [0.2, 0.25) is 0 Å². The third-order valence-corrected chi connectivity index (χ3v) is 2.49. The van der Waals surface area contributed by atoms with E-state index in [1.807, 2.05) is 7.05 Å². The van der Waals surface area contributed by atoms with Gasteiger partial charge in [0.25, 0.3) is 0 Å². The van der Waals surface area contributed by atoms with Crippen LogP contribution in [0.3, 0.4) is 0 Å². The molecule has 0 saturated heterocycles. The SMILES string of the molecule is CNc1ncnc2cc(C)c(C)cc12. The van der Waals surface area contributed by atoms with Crippen LogP contribution in [0.25, 0.3) is 10.9 Å². The van der Waals surface area contributed by atoms with Crippen molar-refractivity contribution in [1.82, 2.24) is 9.97 Å². The summed E-state index contributed by atoms with van der Waals surface area (Å²) < 4.78 is 0. The zero-order valence-corrected chi connectivity index (χ0v) is 8.63. The van der Waals surface area contributed by atoms with Gasteiger partial charge < -0.3 is 5.32 Å². The minimum Gasteiger partial charge on any atom is -0.373 e. The van der Waals surface area contributed by atoms with Crippen molar-refractivity contribution in [2.24, 2.45) is 0 Å². The highest BCUT2D eigenvalue weighted by atomic mass is 15.0. The average molecular weight is 187 g/mol. The molecule has 0 aliphatic rings. The topological polar surface area (TPSA) is 37.8 Å². The van der Waals surface area contributed by atoms with E-state index in [9.17, 15) is 0 Å². The lowest BCUT2D eigenvalue weighted by atomic mass is 10.1. The van der Waals surface area contributed by atoms with Gasteiger partial charge in [-0.25, -0.2) is 9.97 Å². The Morgan fingerprint density at radius 1 is 1.07 bits per heavy atom. The molecule has 1 aromatic carbocycles. The molecule has 0 unspecified atom stereocenters. The summed E-state index contributed by atoms with van der Waals surface area (Å²) in [4.78, 5) is 8.41. The fourth-order valence-corrected chi connectivity index (χ4v) is 1.51. The van der Waals surface area contributed by atoms with E-state index in [-0.39, 0.29) is 0 Å². The van der Waals surface area contributed by atoms with Gasteiger partial charge in [0.15, 0.2) is 0 Å². The van der Waals surface area contributed by atoms with Crippen molar-refractivity contribution in [3.8, 4) is 0 Å². The minimum absolute atomic E-state index is 0.887. The van der Waals surface area contributed by atoms with Crippen molar-refractivity contribution in [3.63, 3.8) is 0 Å². The molecule has 14 heavy (non-hydrogen) atoms. The van der Waals surface area contributed by atoms with Crippen LogP contribution in [0.4, 0.5) is 5.82 Å². The number of nitrogens with one attached hydrogen (secondary N) is 1. The molecule has 2 rings (SSSR count). The Kier molecular flexibility index (Phi) is 2.08. The monoisotopic (exact) mass is 187 g/mol. The van der Waals surface area contributed by atoms with E-state index in [4.69, 9.17) is 0 Å². The summed E-state index contributed by atoms with van der Waals surface area (Å²) >= 11 is 0. The van der Waals surface area contributed by atoms with Crippen LogP contribution in [0.15, 0.2) is 18.5 Å². The second-order valence-electron chi connectivity index (χ2n) is 3.43. The van der Waals surface area contributed by atoms with Gasteiger partial charge in [0.2, 0.25) is 0 Å². The fraction of sp³-hybridized carbons (Fsp3) is 0.273. The van der Waals surface area contributed by atoms with Crippen LogP contribution in [-0.2, 0) is 0 Å². The van der Waals surface area contributed by atoms with Crippen LogP contribution in [0.1, 0.15) is 11.1 Å². The molecular weight excluding hydrogens is 174 g/mol. The Morgan fingerprint density at radius 3 is 2.50 bits per heavy atom. The van der Waals surface area contributed by atoms with E-state index in [0.717, 1.165) is 16.7 Å². The average Bonchev–Trinajstić information content (AvgIpc) is 2.19. The third-order valence-electron chi connectivity index (χ3n) is 2.49. The maximum atomic E-state index is 4.24. The Bertz CT molecular complexity index is 477. The molecule has 0 atom stereocenters. The molecule has 1 heterocycles. The molecule has 0 bridgehead atoms. The van der Waals surface area contributed by atoms with Crippen LogP contribution < -0.4 is 5.32 Å². The molecule has 0 amide bonds. The summed E-state index contributed by atoms with van der Waals surface area (Å²) in [6.07, 6.45) is 1.59. The lowest BCUT2D eigenvalue weighted by Crippen LogP contribution is -1.95. The third kappa shape index (κ3) is 1.31. The predicted molar refractivity (Wildman–Crippen MR) is 58.6 cm³/mol. The van der Waals surface area contributed by atoms with Gasteiger partial charge in [0, 0.05) is 12.4 Å². The highest BCUT2D eigenvalue weighted by Gasteiger charge is 2.03. The lowest BCUT2D eigenvalue weighted by molar-refractivity contribution is 1.20. The second-order valence-corrected chi connectivity index (χ2v) is 3.43. The number of nitrogens with zero attached hydrogens (tertiary/aromatic N) is 2. The number of aromatic nitrogens is 2. The van der Waals surface area contributed by atoms with Crippen molar-refractivity contribution < 1.29 is 0 Å². The van der Waals surface area contributed by atoms with E-state index in [1.165, 1.54) is 11.1 Å². The quantitative estimate of drug-likeness (QED) is 0.744. The molecule has 0 aliphatic carbocycles. The van der Waals surface area contributed by atoms with Gasteiger partial charge in [0.1, 0.15) is 12.1 Å². The normalized spacial score (nSPS) is 10.5. The molecule has 0 saturated carbocycles. The molecule has 0 spiro atoms. The minimum atomic E-state index is 0.887. The van der Waals surface area contributed by atoms with Crippen molar-refractivity contribution in [2.45, 2.75) is 13.8 Å². The Labute approximate surface area is 83.2 Å². The number of fused-ring (bicyclic) bond motifs is 1. The summed E-state index contributed by atoms with van der Waals surface area (Å²) in [5.74, 6) is 0.887. The van der Waals surface area contributed by atoms with E-state index in [0.29, 0.717) is 0 Å². The summed E-state index contributed by atoms with van der Waals surface area (Å²) in [6.45, 7) is 4.19. The van der Waals surface area contributed by atoms with E-state index in [1.54, 1.807) is 6.33 Å². The number of hydrogen-bond donors (Lipinski definition) is 1. The molecule has 1 N–H and O–H groups in total. The molecule has 0 aliphatic heterocycles. The van der Waals surface area contributed by atoms with E-state index >= 15 is 0 Å². The largest absolute Gasteiger partial charge is 0.373 e. The maximum Gasteiger partial charge on any atom is 0.137 e. The smallest absolute Gasteiger partial charge is 0.137 e. The number of benzene rings is 1. The zero-order valence-electron chi connectivity index (χ0n) is 8.63. The predicted octanol–water partition coefficient (Wildman–Crippen LogP) is 2.29. The van der Waals surface area contributed by atoms with Gasteiger partial charge in [0.05, 0.1) is 5.52 Å². The Morgan fingerprint density at radius 2 is 1.79 bits per heavy atom. The van der Waals surface area contributed by atoms with Crippen molar-refractivity contribution in [3.05, 3.63) is 29.6 Å². The number of anilines is 1. The first-order valence-corrected chi connectivity index (χ1v) is 4.62. The van der Waals surface area contributed by atoms with E-state index in [2.05, 4.69) is 41.3 Å². The van der Waals surface area contributed by atoms with Crippen LogP contribution in [-0.4, -0.2) is 17.0 Å². The highest BCUT2D eigenvalue weighted by molar-refractivity contribution is 5.89. The second kappa shape index (κ2) is 3.25. The zero-order chi connectivity index (χ0) is 10.1. The molecule has 3 heteroatoms. The molecule has 3 nitrogen and oxygen atoms in total. The molecule has 2 aromatic rings. The Hall–Kier alpha value is -1.64. The summed E-state index contributed by atoms with van der Waals surface area (Å²) in [6, 6.07) is 4.21. The van der Waals surface area contributed by atoms with Crippen molar-refractivity contribution in [2.75, 3.05) is 12.4 Å². The van der Waals surface area contributed by atoms with Crippen LogP contribution in [0.5, 0.6) is 0 Å². The van der Waals surface area contributed by atoms with E-state index < -0.39 is 0 Å². The fourth-order valence-electron chi connectivity index (χ4n) is 1.51. The molecule has 72 valence electrons. The maximum absolute atomic E-state index is 4.24. The molecular formula is C11H13N3. The van der Waals surface area contributed by atoms with Gasteiger partial charge >= 0.3 is 0 Å². The Balaban J connectivity index is 2.81. The van der Waals surface area contributed by atoms with Crippen LogP contribution >= 0.6 is 0 Å². The number of hydrogen-bond acceptors (Lipinski definition) is 3. The van der Waals surface area contributed by atoms with Crippen LogP contribution in [0, 0.1) is 13.8 Å². The van der Waals surface area contributed by atoms with Gasteiger partial charge in [-0.1, -0.05) is 0 Å². The van der Waals surface area contributed by atoms with Gasteiger partial charge in [-0.2, -0.15) is 0 Å². The summed E-state index contributed by atoms with van der Waals surface area (Å²) in [5, 5.41) is 4.15. The van der Waals surface area contributed by atoms with Gasteiger partial charge in [-0.3, -0.25) is 0 Å². The number of aryl methyl sites for hydroxylation is 2. The first-order chi connectivity index (χ1) is 6.72. The van der Waals surface area contributed by atoms with Crippen molar-refractivity contribution in [1.29, 1.82) is 0 Å². The van der Waals surface area contributed by atoms with Gasteiger partial charge in [-0.15, -0.1) is 0 Å². The molecule has 0 fully saturated rings. The summed E-state index contributed by atoms with van der Waals surface area (Å²) in [5.41, 5.74) is 3.52. The van der Waals surface area contributed by atoms with Crippen molar-refractivity contribution >= 4 is 16.7 Å². The molecule has 0 radical (unpaired) electrons. The highest BCUT2D eigenvalue weighted by Crippen LogP contribution is 2.22. The summed E-state index contributed by atoms with van der Waals surface area (Å²) in [7, 11) is 1.87. The lowest BCUT2D eigenvalue weighted by Gasteiger charge is -2.06. The first kappa shape index (κ1) is 8.94. The molecule has 1 aromatic heterocycles. The van der Waals surface area contributed by atoms with Gasteiger partial charge in [-0.05, 0) is 37.1 Å². The standard InChI is InChI=1S/C11H13N3/c1-7-4-9-10(5-8(7)2)13-6-14-11(9)12-3/h4-6H,1-3H3,(H,12,13,14).